The minimum absolute atomic E-state index is 0.180. The second-order valence-corrected chi connectivity index (χ2v) is 5.33. The number of amides is 1. The molecule has 1 N–H and O–H groups in total. The number of halogens is 1. The highest BCUT2D eigenvalue weighted by Gasteiger charge is 2.14. The maximum Gasteiger partial charge on any atom is 0.255 e. The summed E-state index contributed by atoms with van der Waals surface area (Å²) in [5.41, 5.74) is 1.57. The lowest BCUT2D eigenvalue weighted by atomic mass is 10.1. The van der Waals surface area contributed by atoms with Gasteiger partial charge in [-0.3, -0.25) is 4.79 Å². The van der Waals surface area contributed by atoms with Gasteiger partial charge in [-0.15, -0.1) is 5.10 Å². The van der Waals surface area contributed by atoms with E-state index in [-0.39, 0.29) is 11.3 Å². The van der Waals surface area contributed by atoms with Gasteiger partial charge in [-0.2, -0.15) is 5.10 Å². The quantitative estimate of drug-likeness (QED) is 0.610. The average Bonchev–Trinajstić information content (AvgIpc) is 3.36. The van der Waals surface area contributed by atoms with Gasteiger partial charge in [0.25, 0.3) is 5.91 Å². The van der Waals surface area contributed by atoms with Crippen LogP contribution in [0.2, 0.25) is 0 Å². The number of aromatic nitrogens is 6. The van der Waals surface area contributed by atoms with Gasteiger partial charge in [-0.1, -0.05) is 17.3 Å². The van der Waals surface area contributed by atoms with Crippen molar-refractivity contribution in [2.75, 3.05) is 5.32 Å². The third-order valence-corrected chi connectivity index (χ3v) is 3.70. The average molecular weight is 349 g/mol. The fourth-order valence-electron chi connectivity index (χ4n) is 2.48. The molecule has 0 radical (unpaired) electrons. The smallest absolute Gasteiger partial charge is 0.255 e. The van der Waals surface area contributed by atoms with Crippen molar-refractivity contribution in [2.45, 2.75) is 0 Å². The number of hydrogen-bond donors (Lipinski definition) is 1. The van der Waals surface area contributed by atoms with Crippen LogP contribution in [0.1, 0.15) is 10.4 Å². The maximum absolute atomic E-state index is 14.3. The first kappa shape index (κ1) is 15.6. The van der Waals surface area contributed by atoms with E-state index >= 15 is 0 Å². The summed E-state index contributed by atoms with van der Waals surface area (Å²) in [7, 11) is 0. The Labute approximate surface area is 146 Å². The number of carbonyl (C=O) groups excluding carboxylic acids is 1. The van der Waals surface area contributed by atoms with Crippen LogP contribution >= 0.6 is 0 Å². The number of carbonyl (C=O) groups is 1. The highest BCUT2D eigenvalue weighted by molar-refractivity contribution is 6.05. The molecular formula is C17H12FN7O. The Morgan fingerprint density at radius 1 is 1.08 bits per heavy atom. The van der Waals surface area contributed by atoms with Gasteiger partial charge in [0.1, 0.15) is 24.2 Å². The predicted octanol–water partition coefficient (Wildman–Crippen LogP) is 2.24. The summed E-state index contributed by atoms with van der Waals surface area (Å²) in [6, 6.07) is 11.3. The van der Waals surface area contributed by atoms with Crippen LogP contribution in [0.5, 0.6) is 0 Å². The van der Waals surface area contributed by atoms with Crippen LogP contribution in [0.3, 0.4) is 0 Å². The van der Waals surface area contributed by atoms with E-state index in [9.17, 15) is 9.18 Å². The zero-order chi connectivity index (χ0) is 17.9. The molecule has 2 aromatic heterocycles. The summed E-state index contributed by atoms with van der Waals surface area (Å²) >= 11 is 0. The van der Waals surface area contributed by atoms with Crippen molar-refractivity contribution < 1.29 is 9.18 Å². The van der Waals surface area contributed by atoms with Gasteiger partial charge < -0.3 is 5.32 Å². The molecule has 1 amide bonds. The van der Waals surface area contributed by atoms with Gasteiger partial charge in [0, 0.05) is 5.56 Å². The molecule has 0 spiro atoms. The van der Waals surface area contributed by atoms with E-state index in [1.807, 2.05) is 6.07 Å². The second-order valence-electron chi connectivity index (χ2n) is 5.33. The van der Waals surface area contributed by atoms with Gasteiger partial charge in [-0.25, -0.2) is 18.7 Å². The van der Waals surface area contributed by atoms with Gasteiger partial charge in [0.15, 0.2) is 0 Å². The van der Waals surface area contributed by atoms with Crippen LogP contribution < -0.4 is 5.32 Å². The van der Waals surface area contributed by atoms with E-state index in [4.69, 9.17) is 0 Å². The summed E-state index contributed by atoms with van der Waals surface area (Å²) in [5, 5.41) is 14.3. The molecule has 0 aliphatic rings. The first-order valence-electron chi connectivity index (χ1n) is 7.64. The molecule has 26 heavy (non-hydrogen) atoms. The highest BCUT2D eigenvalue weighted by Crippen LogP contribution is 2.20. The zero-order valence-electron chi connectivity index (χ0n) is 13.3. The Bertz CT molecular complexity index is 1040. The van der Waals surface area contributed by atoms with Crippen LogP contribution in [0, 0.1) is 5.82 Å². The Morgan fingerprint density at radius 3 is 2.69 bits per heavy atom. The summed E-state index contributed by atoms with van der Waals surface area (Å²) in [4.78, 5) is 16.3. The van der Waals surface area contributed by atoms with Crippen LogP contribution in [-0.4, -0.2) is 35.7 Å². The standard InChI is InChI=1S/C17H12FN7O/c18-13-9-12(5-6-15(13)25-11-19-10-21-25)17(26)22-14-3-1-2-4-16(14)24-8-7-20-23-24/h1-11H,(H,22,26). The van der Waals surface area contributed by atoms with E-state index in [0.717, 1.165) is 6.07 Å². The molecule has 0 atom stereocenters. The minimum atomic E-state index is -0.576. The van der Waals surface area contributed by atoms with Crippen molar-refractivity contribution in [1.29, 1.82) is 0 Å². The largest absolute Gasteiger partial charge is 0.320 e. The second kappa shape index (κ2) is 6.55. The molecule has 9 heteroatoms. The monoisotopic (exact) mass is 349 g/mol. The zero-order valence-corrected chi connectivity index (χ0v) is 13.3. The van der Waals surface area contributed by atoms with Crippen LogP contribution in [0.4, 0.5) is 10.1 Å². The molecule has 2 aromatic carbocycles. The Hall–Kier alpha value is -3.88. The number of anilines is 1. The first-order valence-corrected chi connectivity index (χ1v) is 7.64. The third kappa shape index (κ3) is 2.93. The van der Waals surface area contributed by atoms with Crippen molar-refractivity contribution in [1.82, 2.24) is 29.8 Å². The molecule has 0 aliphatic carbocycles. The molecule has 128 valence electrons. The maximum atomic E-state index is 14.3. The number of benzene rings is 2. The van der Waals surface area contributed by atoms with Gasteiger partial charge in [0.2, 0.25) is 0 Å². The van der Waals surface area contributed by atoms with Crippen molar-refractivity contribution in [3.8, 4) is 11.4 Å². The molecule has 0 bridgehead atoms. The first-order chi connectivity index (χ1) is 12.7. The fourth-order valence-corrected chi connectivity index (χ4v) is 2.48. The fraction of sp³-hybridized carbons (Fsp3) is 0. The van der Waals surface area contributed by atoms with Crippen LogP contribution in [0.15, 0.2) is 67.5 Å². The van der Waals surface area contributed by atoms with Crippen molar-refractivity contribution in [3.63, 3.8) is 0 Å². The molecular weight excluding hydrogens is 337 g/mol. The Morgan fingerprint density at radius 2 is 1.96 bits per heavy atom. The molecule has 4 aromatic rings. The van der Waals surface area contributed by atoms with E-state index in [2.05, 4.69) is 25.7 Å². The van der Waals surface area contributed by atoms with Crippen molar-refractivity contribution >= 4 is 11.6 Å². The number of nitrogens with one attached hydrogen (secondary N) is 1. The lowest BCUT2D eigenvalue weighted by Crippen LogP contribution is -2.14. The molecule has 0 aliphatic heterocycles. The van der Waals surface area contributed by atoms with Gasteiger partial charge in [0.05, 0.1) is 23.8 Å². The van der Waals surface area contributed by atoms with E-state index in [1.54, 1.807) is 24.4 Å². The minimum Gasteiger partial charge on any atom is -0.320 e. The van der Waals surface area contributed by atoms with Crippen LogP contribution in [-0.2, 0) is 0 Å². The highest BCUT2D eigenvalue weighted by atomic mass is 19.1. The number of para-hydroxylation sites is 2. The number of nitrogens with zero attached hydrogens (tertiary/aromatic N) is 6. The molecule has 0 fully saturated rings. The Balaban J connectivity index is 1.61. The third-order valence-electron chi connectivity index (χ3n) is 3.70. The van der Waals surface area contributed by atoms with E-state index in [1.165, 1.54) is 40.3 Å². The summed E-state index contributed by atoms with van der Waals surface area (Å²) in [6.45, 7) is 0. The lowest BCUT2D eigenvalue weighted by Gasteiger charge is -2.11. The molecule has 0 unspecified atom stereocenters. The summed E-state index contributed by atoms with van der Waals surface area (Å²) in [5.74, 6) is -1.02. The van der Waals surface area contributed by atoms with Crippen molar-refractivity contribution in [3.05, 3.63) is 78.9 Å². The lowest BCUT2D eigenvalue weighted by molar-refractivity contribution is 0.102. The number of hydrogen-bond acceptors (Lipinski definition) is 5. The summed E-state index contributed by atoms with van der Waals surface area (Å²) in [6.07, 6.45) is 5.89. The Kier molecular flexibility index (Phi) is 3.94. The van der Waals surface area contributed by atoms with Crippen LogP contribution in [0.25, 0.3) is 11.4 Å². The van der Waals surface area contributed by atoms with Gasteiger partial charge in [-0.05, 0) is 30.3 Å². The summed E-state index contributed by atoms with van der Waals surface area (Å²) < 4.78 is 17.1. The molecule has 4 rings (SSSR count). The topological polar surface area (TPSA) is 90.5 Å². The molecule has 8 nitrogen and oxygen atoms in total. The van der Waals surface area contributed by atoms with E-state index in [0.29, 0.717) is 11.4 Å². The van der Waals surface area contributed by atoms with Crippen molar-refractivity contribution in [2.24, 2.45) is 0 Å². The molecule has 0 saturated carbocycles. The normalized spacial score (nSPS) is 10.7. The molecule has 0 saturated heterocycles. The van der Waals surface area contributed by atoms with E-state index < -0.39 is 11.7 Å². The SMILES string of the molecule is O=C(Nc1ccccc1-n1ccnn1)c1ccc(-n2cncn2)c(F)c1. The predicted molar refractivity (Wildman–Crippen MR) is 90.6 cm³/mol. The van der Waals surface area contributed by atoms with Gasteiger partial charge >= 0.3 is 0 Å². The number of rotatable bonds is 4. The molecule has 2 heterocycles.